The van der Waals surface area contributed by atoms with Gasteiger partial charge in [0, 0.05) is 18.8 Å². The van der Waals surface area contributed by atoms with Crippen molar-refractivity contribution in [1.29, 1.82) is 5.53 Å². The van der Waals surface area contributed by atoms with Crippen LogP contribution in [0.5, 0.6) is 5.75 Å². The Bertz CT molecular complexity index is 706. The lowest BCUT2D eigenvalue weighted by atomic mass is 9.86. The summed E-state index contributed by atoms with van der Waals surface area (Å²) >= 11 is 0. The molecule has 1 aliphatic heterocycles. The zero-order chi connectivity index (χ0) is 20.9. The molecule has 0 unspecified atom stereocenters. The van der Waals surface area contributed by atoms with E-state index in [1.165, 1.54) is 0 Å². The quantitative estimate of drug-likeness (QED) is 0.568. The van der Waals surface area contributed by atoms with Crippen LogP contribution in [-0.2, 0) is 0 Å². The lowest BCUT2D eigenvalue weighted by Crippen LogP contribution is -2.36. The number of aromatic hydroxyl groups is 1. The Morgan fingerprint density at radius 2 is 1.86 bits per heavy atom. The third-order valence-corrected chi connectivity index (χ3v) is 6.13. The van der Waals surface area contributed by atoms with Gasteiger partial charge in [0.1, 0.15) is 5.75 Å². The molecule has 3 rings (SSSR count). The summed E-state index contributed by atoms with van der Waals surface area (Å²) in [7, 11) is 0. The van der Waals surface area contributed by atoms with E-state index in [1.807, 2.05) is 18.2 Å². The molecule has 1 saturated carbocycles. The highest BCUT2D eigenvalue weighted by Crippen LogP contribution is 2.37. The molecule has 0 spiro atoms. The highest BCUT2D eigenvalue weighted by molar-refractivity contribution is 5.30. The Kier molecular flexibility index (Phi) is 7.16. The minimum absolute atomic E-state index is 0.0156. The van der Waals surface area contributed by atoms with E-state index in [2.05, 4.69) is 15.3 Å². The number of benzene rings is 1. The molecule has 0 bridgehead atoms. The van der Waals surface area contributed by atoms with Crippen LogP contribution >= 0.6 is 0 Å². The van der Waals surface area contributed by atoms with Crippen LogP contribution in [0.3, 0.4) is 0 Å². The first-order valence-corrected chi connectivity index (χ1v) is 10.3. The first-order chi connectivity index (χ1) is 13.8. The van der Waals surface area contributed by atoms with Crippen molar-refractivity contribution in [3.63, 3.8) is 0 Å². The van der Waals surface area contributed by atoms with Crippen molar-refractivity contribution in [2.24, 2.45) is 11.0 Å². The van der Waals surface area contributed by atoms with Gasteiger partial charge in [0.25, 0.3) is 0 Å². The Balaban J connectivity index is 1.44. The van der Waals surface area contributed by atoms with Crippen molar-refractivity contribution in [1.82, 2.24) is 10.2 Å². The molecule has 0 radical (unpaired) electrons. The number of nitrogens with one attached hydrogen (secondary N) is 2. The van der Waals surface area contributed by atoms with Crippen LogP contribution in [-0.4, -0.2) is 41.9 Å². The summed E-state index contributed by atoms with van der Waals surface area (Å²) in [6.45, 7) is 2.31. The van der Waals surface area contributed by atoms with Gasteiger partial charge in [-0.15, -0.1) is 0 Å². The van der Waals surface area contributed by atoms with Crippen molar-refractivity contribution in [3.05, 3.63) is 41.7 Å². The average molecular weight is 410 g/mol. The van der Waals surface area contributed by atoms with Crippen molar-refractivity contribution in [2.75, 3.05) is 19.6 Å². The number of alkyl halides is 3. The van der Waals surface area contributed by atoms with Crippen LogP contribution in [0.1, 0.15) is 50.0 Å². The second kappa shape index (κ2) is 9.61. The average Bonchev–Trinajstić information content (AvgIpc) is 2.71. The smallest absolute Gasteiger partial charge is 0.391 e. The molecule has 0 amide bonds. The Hall–Kier alpha value is -2.09. The molecule has 1 aromatic rings. The summed E-state index contributed by atoms with van der Waals surface area (Å²) in [5.74, 6) is -0.475. The zero-order valence-electron chi connectivity index (χ0n) is 16.5. The third kappa shape index (κ3) is 6.19. The number of phenols is 1. The minimum Gasteiger partial charge on any atom is -0.508 e. The van der Waals surface area contributed by atoms with Crippen LogP contribution in [0.2, 0.25) is 0 Å². The van der Waals surface area contributed by atoms with E-state index in [9.17, 15) is 18.3 Å². The summed E-state index contributed by atoms with van der Waals surface area (Å²) in [6.07, 6.45) is 0.853. The predicted molar refractivity (Wildman–Crippen MR) is 105 cm³/mol. The topological polar surface area (TPSA) is 71.7 Å². The van der Waals surface area contributed by atoms with Gasteiger partial charge in [-0.3, -0.25) is 4.90 Å². The van der Waals surface area contributed by atoms with Crippen LogP contribution in [0, 0.1) is 11.4 Å². The fourth-order valence-corrected chi connectivity index (χ4v) is 4.35. The largest absolute Gasteiger partial charge is 0.508 e. The summed E-state index contributed by atoms with van der Waals surface area (Å²) in [5.41, 5.74) is 9.17. The number of phenolic OH excluding ortho intramolecular Hbond substituents is 1. The van der Waals surface area contributed by atoms with E-state index in [1.54, 1.807) is 12.3 Å². The number of hydrogen-bond acceptors (Lipinski definition) is 5. The van der Waals surface area contributed by atoms with E-state index in [0.29, 0.717) is 36.8 Å². The predicted octanol–water partition coefficient (Wildman–Crippen LogP) is 5.15. The molecule has 2 fully saturated rings. The molecule has 3 N–H and O–H groups in total. The van der Waals surface area contributed by atoms with Gasteiger partial charge < -0.3 is 10.4 Å². The molecule has 1 saturated heterocycles. The Morgan fingerprint density at radius 1 is 1.17 bits per heavy atom. The molecule has 0 aromatic heterocycles. The standard InChI is InChI=1S/C21H29F3N4O/c22-21(23,24)17-4-6-18(7-5-17)26-13-19(27-25)14-28-10-8-15(9-11-28)16-2-1-3-20(29)12-16/h1-3,12-13,15,17-18,25-26,29H,4-11,14H2/b19-13-,27-25?. The van der Waals surface area contributed by atoms with Gasteiger partial charge in [0.15, 0.2) is 0 Å². The van der Waals surface area contributed by atoms with Crippen LogP contribution < -0.4 is 5.32 Å². The maximum atomic E-state index is 12.8. The molecular formula is C21H29F3N4O. The number of halogens is 3. The zero-order valence-corrected chi connectivity index (χ0v) is 16.5. The summed E-state index contributed by atoms with van der Waals surface area (Å²) in [5, 5.41) is 16.4. The molecule has 0 atom stereocenters. The number of piperidine rings is 1. The maximum Gasteiger partial charge on any atom is 0.391 e. The van der Waals surface area contributed by atoms with E-state index < -0.39 is 12.1 Å². The second-order valence-electron chi connectivity index (χ2n) is 8.15. The van der Waals surface area contributed by atoms with Gasteiger partial charge >= 0.3 is 6.18 Å². The fourth-order valence-electron chi connectivity index (χ4n) is 4.35. The van der Waals surface area contributed by atoms with Gasteiger partial charge in [-0.05, 0) is 75.2 Å². The van der Waals surface area contributed by atoms with E-state index in [0.717, 1.165) is 31.5 Å². The molecule has 1 aliphatic carbocycles. The third-order valence-electron chi connectivity index (χ3n) is 6.13. The van der Waals surface area contributed by atoms with E-state index in [4.69, 9.17) is 5.53 Å². The number of rotatable bonds is 6. The molecule has 1 heterocycles. The fraction of sp³-hybridized carbons (Fsp3) is 0.619. The summed E-state index contributed by atoms with van der Waals surface area (Å²) in [4.78, 5) is 2.24. The van der Waals surface area contributed by atoms with Crippen LogP contribution in [0.4, 0.5) is 13.2 Å². The first-order valence-electron chi connectivity index (χ1n) is 10.3. The normalized spacial score (nSPS) is 25.0. The maximum absolute atomic E-state index is 12.8. The highest BCUT2D eigenvalue weighted by Gasteiger charge is 2.41. The highest BCUT2D eigenvalue weighted by atomic mass is 19.4. The molecule has 2 aliphatic rings. The minimum atomic E-state index is -4.09. The Morgan fingerprint density at radius 3 is 2.45 bits per heavy atom. The molecule has 1 aromatic carbocycles. The number of nitrogens with zero attached hydrogens (tertiary/aromatic N) is 2. The first kappa shape index (κ1) is 21.6. The number of likely N-dealkylation sites (tertiary alicyclic amines) is 1. The molecule has 160 valence electrons. The molecule has 8 heteroatoms. The molecule has 29 heavy (non-hydrogen) atoms. The van der Waals surface area contributed by atoms with Crippen LogP contribution in [0.15, 0.2) is 41.3 Å². The van der Waals surface area contributed by atoms with E-state index in [-0.39, 0.29) is 18.9 Å². The van der Waals surface area contributed by atoms with E-state index >= 15 is 0 Å². The van der Waals surface area contributed by atoms with Crippen molar-refractivity contribution in [2.45, 2.75) is 56.7 Å². The van der Waals surface area contributed by atoms with Crippen molar-refractivity contribution >= 4 is 0 Å². The van der Waals surface area contributed by atoms with Gasteiger partial charge in [-0.2, -0.15) is 18.3 Å². The van der Waals surface area contributed by atoms with Gasteiger partial charge in [0.2, 0.25) is 0 Å². The summed E-state index contributed by atoms with van der Waals surface area (Å²) < 4.78 is 38.3. The SMILES string of the molecule is N=N/C(=C\NC1CCC(C(F)(F)F)CC1)CN1CCC(c2cccc(O)c2)CC1. The second-order valence-corrected chi connectivity index (χ2v) is 8.15. The monoisotopic (exact) mass is 410 g/mol. The Labute approximate surface area is 169 Å². The van der Waals surface area contributed by atoms with Gasteiger partial charge in [-0.25, -0.2) is 5.53 Å². The van der Waals surface area contributed by atoms with Crippen molar-refractivity contribution < 1.29 is 18.3 Å². The lowest BCUT2D eigenvalue weighted by molar-refractivity contribution is -0.182. The number of hydrogen-bond donors (Lipinski definition) is 3. The van der Waals surface area contributed by atoms with Crippen molar-refractivity contribution in [3.8, 4) is 5.75 Å². The van der Waals surface area contributed by atoms with Crippen LogP contribution in [0.25, 0.3) is 0 Å². The molecule has 5 nitrogen and oxygen atoms in total. The lowest BCUT2D eigenvalue weighted by Gasteiger charge is -2.32. The van der Waals surface area contributed by atoms with Gasteiger partial charge in [0.05, 0.1) is 11.6 Å². The summed E-state index contributed by atoms with van der Waals surface area (Å²) in [6, 6.07) is 7.42. The molecular weight excluding hydrogens is 381 g/mol. The van der Waals surface area contributed by atoms with Gasteiger partial charge in [-0.1, -0.05) is 12.1 Å².